The number of hydrogen-bond acceptors (Lipinski definition) is 2. The second-order valence-corrected chi connectivity index (χ2v) is 6.03. The lowest BCUT2D eigenvalue weighted by atomic mass is 9.98. The van der Waals surface area contributed by atoms with Crippen molar-refractivity contribution in [3.63, 3.8) is 0 Å². The second-order valence-electron chi connectivity index (χ2n) is 6.03. The minimum Gasteiger partial charge on any atom is -0.378 e. The van der Waals surface area contributed by atoms with E-state index in [1.54, 1.807) is 0 Å². The number of rotatable bonds is 7. The normalized spacial score (nSPS) is 16.5. The van der Waals surface area contributed by atoms with Crippen LogP contribution in [0.3, 0.4) is 0 Å². The lowest BCUT2D eigenvalue weighted by molar-refractivity contribution is 0.0273. The molecule has 1 aliphatic rings. The smallest absolute Gasteiger partial charge is 0.0575 e. The third-order valence-electron chi connectivity index (χ3n) is 4.35. The predicted molar refractivity (Wildman–Crippen MR) is 85.1 cm³/mol. The highest BCUT2D eigenvalue weighted by Crippen LogP contribution is 2.20. The van der Waals surface area contributed by atoms with E-state index in [-0.39, 0.29) is 0 Å². The van der Waals surface area contributed by atoms with Crippen molar-refractivity contribution in [3.8, 4) is 0 Å². The molecule has 1 aromatic rings. The standard InChI is InChI=1S/C18H29NO/c1-15-8-6-9-16(2)18(15)14-19-12-7-13-20-17-10-4-3-5-11-17/h6,8-9,17,19H,3-5,7,10-14H2,1-2H3. The van der Waals surface area contributed by atoms with E-state index >= 15 is 0 Å². The summed E-state index contributed by atoms with van der Waals surface area (Å²) in [6, 6.07) is 6.51. The quantitative estimate of drug-likeness (QED) is 0.755. The van der Waals surface area contributed by atoms with Crippen LogP contribution in [0.1, 0.15) is 55.2 Å². The summed E-state index contributed by atoms with van der Waals surface area (Å²) in [5.41, 5.74) is 4.22. The van der Waals surface area contributed by atoms with E-state index in [9.17, 15) is 0 Å². The molecule has 0 bridgehead atoms. The van der Waals surface area contributed by atoms with Crippen molar-refractivity contribution < 1.29 is 4.74 Å². The Morgan fingerprint density at radius 1 is 1.10 bits per heavy atom. The number of ether oxygens (including phenoxy) is 1. The minimum atomic E-state index is 0.544. The third kappa shape index (κ3) is 4.92. The first kappa shape index (κ1) is 15.5. The molecule has 0 aromatic heterocycles. The van der Waals surface area contributed by atoms with Crippen LogP contribution in [0.2, 0.25) is 0 Å². The highest BCUT2D eigenvalue weighted by Gasteiger charge is 2.12. The van der Waals surface area contributed by atoms with Gasteiger partial charge in [-0.25, -0.2) is 0 Å². The van der Waals surface area contributed by atoms with Gasteiger partial charge in [-0.3, -0.25) is 0 Å². The van der Waals surface area contributed by atoms with E-state index in [1.807, 2.05) is 0 Å². The molecule has 112 valence electrons. The molecule has 20 heavy (non-hydrogen) atoms. The summed E-state index contributed by atoms with van der Waals surface area (Å²) in [5, 5.41) is 3.54. The van der Waals surface area contributed by atoms with Crippen LogP contribution >= 0.6 is 0 Å². The molecule has 0 unspecified atom stereocenters. The molecule has 0 aliphatic heterocycles. The van der Waals surface area contributed by atoms with Crippen molar-refractivity contribution in [3.05, 3.63) is 34.9 Å². The molecular weight excluding hydrogens is 246 g/mol. The van der Waals surface area contributed by atoms with E-state index in [2.05, 4.69) is 37.4 Å². The van der Waals surface area contributed by atoms with Crippen LogP contribution in [-0.4, -0.2) is 19.3 Å². The fourth-order valence-corrected chi connectivity index (χ4v) is 3.02. The lowest BCUT2D eigenvalue weighted by Crippen LogP contribution is -2.21. The van der Waals surface area contributed by atoms with E-state index in [0.717, 1.165) is 26.1 Å². The Bertz CT molecular complexity index is 376. The zero-order chi connectivity index (χ0) is 14.2. The average molecular weight is 275 g/mol. The SMILES string of the molecule is Cc1cccc(C)c1CNCCCOC1CCCCC1. The van der Waals surface area contributed by atoms with Crippen LogP contribution in [-0.2, 0) is 11.3 Å². The number of aryl methyl sites for hydroxylation is 2. The molecule has 1 N–H and O–H groups in total. The Labute approximate surface area is 123 Å². The summed E-state index contributed by atoms with van der Waals surface area (Å²) < 4.78 is 5.94. The van der Waals surface area contributed by atoms with Crippen molar-refractivity contribution in [2.45, 2.75) is 65.0 Å². The van der Waals surface area contributed by atoms with Crippen molar-refractivity contribution in [2.75, 3.05) is 13.2 Å². The molecule has 0 atom stereocenters. The first-order chi connectivity index (χ1) is 9.77. The van der Waals surface area contributed by atoms with Crippen molar-refractivity contribution in [1.82, 2.24) is 5.32 Å². The van der Waals surface area contributed by atoms with Crippen LogP contribution in [0.4, 0.5) is 0 Å². The molecule has 1 aromatic carbocycles. The minimum absolute atomic E-state index is 0.544. The first-order valence-electron chi connectivity index (χ1n) is 8.15. The van der Waals surface area contributed by atoms with Gasteiger partial charge in [-0.2, -0.15) is 0 Å². The molecule has 0 heterocycles. The monoisotopic (exact) mass is 275 g/mol. The van der Waals surface area contributed by atoms with Gasteiger partial charge in [0.05, 0.1) is 6.10 Å². The summed E-state index contributed by atoms with van der Waals surface area (Å²) in [6.45, 7) is 7.30. The average Bonchev–Trinajstić information content (AvgIpc) is 2.46. The third-order valence-corrected chi connectivity index (χ3v) is 4.35. The van der Waals surface area contributed by atoms with Crippen LogP contribution < -0.4 is 5.32 Å². The maximum Gasteiger partial charge on any atom is 0.0575 e. The highest BCUT2D eigenvalue weighted by atomic mass is 16.5. The Balaban J connectivity index is 1.57. The number of hydrogen-bond donors (Lipinski definition) is 1. The number of nitrogens with one attached hydrogen (secondary N) is 1. The Kier molecular flexibility index (Phi) is 6.55. The summed E-state index contributed by atoms with van der Waals surface area (Å²) >= 11 is 0. The first-order valence-corrected chi connectivity index (χ1v) is 8.15. The van der Waals surface area contributed by atoms with Gasteiger partial charge in [0.25, 0.3) is 0 Å². The topological polar surface area (TPSA) is 21.3 Å². The van der Waals surface area contributed by atoms with Gasteiger partial charge >= 0.3 is 0 Å². The Hall–Kier alpha value is -0.860. The maximum absolute atomic E-state index is 5.94. The zero-order valence-electron chi connectivity index (χ0n) is 13.1. The van der Waals surface area contributed by atoms with Gasteiger partial charge < -0.3 is 10.1 Å². The van der Waals surface area contributed by atoms with Gasteiger partial charge in [-0.15, -0.1) is 0 Å². The fraction of sp³-hybridized carbons (Fsp3) is 0.667. The van der Waals surface area contributed by atoms with Gasteiger partial charge in [0.15, 0.2) is 0 Å². The Morgan fingerprint density at radius 2 is 1.80 bits per heavy atom. The van der Waals surface area contributed by atoms with Gasteiger partial charge in [0.1, 0.15) is 0 Å². The van der Waals surface area contributed by atoms with Gasteiger partial charge in [-0.05, 0) is 56.3 Å². The largest absolute Gasteiger partial charge is 0.378 e. The molecule has 0 amide bonds. The lowest BCUT2D eigenvalue weighted by Gasteiger charge is -2.22. The fourth-order valence-electron chi connectivity index (χ4n) is 3.02. The second kappa shape index (κ2) is 8.43. The summed E-state index contributed by atoms with van der Waals surface area (Å²) in [6.07, 6.45) is 8.32. The molecule has 1 fully saturated rings. The van der Waals surface area contributed by atoms with Gasteiger partial charge in [0, 0.05) is 13.2 Å². The molecule has 2 heteroatoms. The molecule has 2 nitrogen and oxygen atoms in total. The molecule has 0 spiro atoms. The van der Waals surface area contributed by atoms with E-state index < -0.39 is 0 Å². The molecule has 1 saturated carbocycles. The van der Waals surface area contributed by atoms with Crippen molar-refractivity contribution >= 4 is 0 Å². The summed E-state index contributed by atoms with van der Waals surface area (Å²) in [5.74, 6) is 0. The summed E-state index contributed by atoms with van der Waals surface area (Å²) in [7, 11) is 0. The van der Waals surface area contributed by atoms with Gasteiger partial charge in [0.2, 0.25) is 0 Å². The van der Waals surface area contributed by atoms with E-state index in [4.69, 9.17) is 4.74 Å². The van der Waals surface area contributed by atoms with E-state index in [1.165, 1.54) is 48.8 Å². The number of benzene rings is 1. The van der Waals surface area contributed by atoms with Crippen LogP contribution in [0.15, 0.2) is 18.2 Å². The van der Waals surface area contributed by atoms with Crippen molar-refractivity contribution in [2.24, 2.45) is 0 Å². The maximum atomic E-state index is 5.94. The molecule has 0 radical (unpaired) electrons. The van der Waals surface area contributed by atoms with Crippen LogP contribution in [0.25, 0.3) is 0 Å². The predicted octanol–water partition coefficient (Wildman–Crippen LogP) is 4.13. The highest BCUT2D eigenvalue weighted by molar-refractivity contribution is 5.33. The van der Waals surface area contributed by atoms with Crippen LogP contribution in [0, 0.1) is 13.8 Å². The zero-order valence-corrected chi connectivity index (χ0v) is 13.1. The van der Waals surface area contributed by atoms with Gasteiger partial charge in [-0.1, -0.05) is 37.5 Å². The molecule has 1 aliphatic carbocycles. The van der Waals surface area contributed by atoms with Crippen molar-refractivity contribution in [1.29, 1.82) is 0 Å². The van der Waals surface area contributed by atoms with Crippen LogP contribution in [0.5, 0.6) is 0 Å². The molecule has 0 saturated heterocycles. The Morgan fingerprint density at radius 3 is 2.50 bits per heavy atom. The molecular formula is C18H29NO. The van der Waals surface area contributed by atoms with E-state index in [0.29, 0.717) is 6.10 Å². The molecule has 2 rings (SSSR count). The summed E-state index contributed by atoms with van der Waals surface area (Å²) in [4.78, 5) is 0.